The van der Waals surface area contributed by atoms with E-state index >= 15 is 0 Å². The Morgan fingerprint density at radius 3 is 0.904 bits per heavy atom. The smallest absolute Gasteiger partial charge is 0.335 e. The minimum Gasteiger partial charge on any atom is -0.478 e. The third-order valence-corrected chi connectivity index (χ3v) is 31.8. The number of aliphatic hydroxyl groups is 6. The van der Waals surface area contributed by atoms with E-state index in [9.17, 15) is 64.5 Å². The first-order chi connectivity index (χ1) is 59.6. The number of aromatic carboxylic acids is 1. The number of fused-ring (bicyclic) bond motifs is 6. The second-order valence-electron chi connectivity index (χ2n) is 40.7. The number of nitrogens with one attached hydrogen (secondary N) is 5. The summed E-state index contributed by atoms with van der Waals surface area (Å²) in [4.78, 5) is 97.0. The fourth-order valence-corrected chi connectivity index (χ4v) is 23.4. The predicted molar refractivity (Wildman–Crippen MR) is 475 cm³/mol. The molecule has 6 bridgehead atoms. The summed E-state index contributed by atoms with van der Waals surface area (Å²) in [5.41, 5.74) is 10.5. The van der Waals surface area contributed by atoms with Crippen LogP contribution >= 0.6 is 0 Å². The molecule has 3 aliphatic heterocycles. The number of carboxylic acid groups (broad SMARTS) is 1. The third-order valence-electron chi connectivity index (χ3n) is 31.8. The van der Waals surface area contributed by atoms with Crippen molar-refractivity contribution in [1.82, 2.24) is 41.8 Å². The summed E-state index contributed by atoms with van der Waals surface area (Å²) in [6.45, 7) is 27.2. The third kappa shape index (κ3) is 19.4. The van der Waals surface area contributed by atoms with Crippen LogP contribution in [0.4, 0.5) is 0 Å². The van der Waals surface area contributed by atoms with E-state index in [0.717, 1.165) is 82.4 Å². The summed E-state index contributed by atoms with van der Waals surface area (Å²) in [7, 11) is 0. The first-order valence-corrected chi connectivity index (χ1v) is 46.1. The number of nitrogens with zero attached hydrogens (tertiary/aromatic N) is 3. The fourth-order valence-electron chi connectivity index (χ4n) is 23.4. The number of hydrogen-bond donors (Lipinski definition) is 12. The SMILES string of the molecule is C[C@@H]1[C@@H](NC(=O)[C@@H]2[C@H]([C@H](C)O)[C@H](CO)ON2Cc2cccc(-c3cccc(C(=O)NCC4CC4)c3)c2)C[C@H]2C[C@@H]1C2(C)C.C[C@@H]1[C@@H](NC(=O)[C@@H]2[C@H]([C@H](C)O)[C@H](CO)ON2Cc2cccc(-c3cccc(C(=O)NCC4CC4)c3)c2)C[C@H]2C[C@@H]1C2(C)C.C[C@@H]1[C@@H](NC(=O)[C@@H]2[C@H]([C@H](C)O)[C@H](CO)ON2Cc2cccc(-c3cccc(C(=O)O)c3)c2)C[C@H]2C[C@@H]1C2(C)C. The molecule has 3 heterocycles. The van der Waals surface area contributed by atoms with Crippen molar-refractivity contribution in [2.75, 3.05) is 32.9 Å². The molecule has 125 heavy (non-hydrogen) atoms. The van der Waals surface area contributed by atoms with E-state index in [-0.39, 0.29) is 79.6 Å². The number of rotatable bonds is 28. The van der Waals surface area contributed by atoms with E-state index in [1.807, 2.05) is 127 Å². The van der Waals surface area contributed by atoms with Gasteiger partial charge in [-0.05, 0) is 271 Å². The van der Waals surface area contributed by atoms with Crippen molar-refractivity contribution < 1.29 is 79.0 Å². The van der Waals surface area contributed by atoms with Crippen molar-refractivity contribution >= 4 is 35.5 Å². The summed E-state index contributed by atoms with van der Waals surface area (Å²) in [5.74, 6) is 2.62. The first-order valence-electron chi connectivity index (χ1n) is 46.1. The van der Waals surface area contributed by atoms with E-state index in [1.54, 1.807) is 54.2 Å². The van der Waals surface area contributed by atoms with Crippen LogP contribution in [0.25, 0.3) is 33.4 Å². The van der Waals surface area contributed by atoms with Crippen LogP contribution < -0.4 is 26.6 Å². The molecule has 24 heteroatoms. The average molecular weight is 1720 g/mol. The van der Waals surface area contributed by atoms with Crippen LogP contribution in [-0.2, 0) is 48.5 Å². The second kappa shape index (κ2) is 37.8. The number of carboxylic acids is 1. The summed E-state index contributed by atoms with van der Waals surface area (Å²) in [5, 5.41) is 92.8. The lowest BCUT2D eigenvalue weighted by atomic mass is 9.45. The molecule has 14 aliphatic rings. The lowest BCUT2D eigenvalue weighted by Gasteiger charge is -2.62. The Labute approximate surface area is 736 Å². The van der Waals surface area contributed by atoms with Gasteiger partial charge in [-0.15, -0.1) is 0 Å². The number of benzene rings is 6. The van der Waals surface area contributed by atoms with Gasteiger partial charge in [-0.2, -0.15) is 15.2 Å². The van der Waals surface area contributed by atoms with Crippen LogP contribution in [0.15, 0.2) is 146 Å². The highest BCUT2D eigenvalue weighted by atomic mass is 16.7. The lowest BCUT2D eigenvalue weighted by Crippen LogP contribution is -2.62. The second-order valence-corrected chi connectivity index (χ2v) is 40.7. The molecule has 0 aromatic heterocycles. The molecule has 24 atom stereocenters. The van der Waals surface area contributed by atoms with Crippen LogP contribution in [0.5, 0.6) is 0 Å². The Morgan fingerprint density at radius 2 is 0.656 bits per heavy atom. The van der Waals surface area contributed by atoms with E-state index < -0.39 is 78.5 Å². The Hall–Kier alpha value is -8.34. The van der Waals surface area contributed by atoms with Crippen LogP contribution in [0.1, 0.15) is 195 Å². The number of hydrogen-bond acceptors (Lipinski definition) is 18. The maximum Gasteiger partial charge on any atom is 0.335 e. The average Bonchev–Trinajstić information content (AvgIpc) is 1.56. The zero-order valence-corrected chi connectivity index (χ0v) is 74.7. The largest absolute Gasteiger partial charge is 0.478 e. The van der Waals surface area contributed by atoms with E-state index in [1.165, 1.54) is 44.9 Å². The molecule has 14 fully saturated rings. The zero-order valence-electron chi connectivity index (χ0n) is 74.7. The molecular weight excluding hydrogens is 1580 g/mol. The summed E-state index contributed by atoms with van der Waals surface area (Å²) in [6.07, 6.45) is 6.70. The summed E-state index contributed by atoms with van der Waals surface area (Å²) in [6, 6.07) is 43.7. The molecule has 11 saturated carbocycles. The summed E-state index contributed by atoms with van der Waals surface area (Å²) < 4.78 is 0. The number of hydroxylamine groups is 6. The minimum absolute atomic E-state index is 0.0587. The fraction of sp³-hybridized carbons (Fsp3) is 0.584. The van der Waals surface area contributed by atoms with Crippen LogP contribution in [0.2, 0.25) is 0 Å². The molecule has 6 aromatic rings. The van der Waals surface area contributed by atoms with Gasteiger partial charge in [-0.1, -0.05) is 153 Å². The highest BCUT2D eigenvalue weighted by Gasteiger charge is 2.61. The van der Waals surface area contributed by atoms with Gasteiger partial charge in [0.2, 0.25) is 17.7 Å². The predicted octanol–water partition coefficient (Wildman–Crippen LogP) is 12.0. The molecule has 24 nitrogen and oxygen atoms in total. The molecule has 11 aliphatic carbocycles. The van der Waals surface area contributed by atoms with Crippen LogP contribution in [0.3, 0.4) is 0 Å². The van der Waals surface area contributed by atoms with Gasteiger partial charge < -0.3 is 62.3 Å². The number of carbonyl (C=O) groups is 6. The van der Waals surface area contributed by atoms with E-state index in [2.05, 4.69) is 88.9 Å². The van der Waals surface area contributed by atoms with Crippen molar-refractivity contribution in [1.29, 1.82) is 0 Å². The lowest BCUT2D eigenvalue weighted by molar-refractivity contribution is -0.183. The van der Waals surface area contributed by atoms with Gasteiger partial charge >= 0.3 is 5.97 Å². The van der Waals surface area contributed by atoms with E-state index in [4.69, 9.17) is 14.5 Å². The minimum atomic E-state index is -0.986. The van der Waals surface area contributed by atoms with Gasteiger partial charge in [0.05, 0.1) is 63.3 Å². The molecule has 0 spiro atoms. The van der Waals surface area contributed by atoms with Gasteiger partial charge in [0, 0.05) is 60.1 Å². The van der Waals surface area contributed by atoms with Crippen molar-refractivity contribution in [2.45, 2.75) is 240 Å². The Kier molecular flexibility index (Phi) is 27.6. The van der Waals surface area contributed by atoms with Crippen LogP contribution in [0, 0.1) is 99.1 Å². The first kappa shape index (κ1) is 91.4. The maximum absolute atomic E-state index is 13.9. The molecule has 0 radical (unpaired) electrons. The van der Waals surface area contributed by atoms with Gasteiger partial charge in [0.1, 0.15) is 36.4 Å². The molecule has 0 unspecified atom stereocenters. The maximum atomic E-state index is 13.9. The van der Waals surface area contributed by atoms with Crippen molar-refractivity contribution in [2.24, 2.45) is 99.1 Å². The van der Waals surface area contributed by atoms with E-state index in [0.29, 0.717) is 106 Å². The Morgan fingerprint density at radius 1 is 0.392 bits per heavy atom. The van der Waals surface area contributed by atoms with Gasteiger partial charge in [0.15, 0.2) is 0 Å². The van der Waals surface area contributed by atoms with Gasteiger partial charge in [-0.3, -0.25) is 38.5 Å². The monoisotopic (exact) mass is 1710 g/mol. The zero-order chi connectivity index (χ0) is 89.0. The van der Waals surface area contributed by atoms with Crippen molar-refractivity contribution in [3.05, 3.63) is 179 Å². The molecular formula is C101H134N8O16. The topological polar surface area (TPSA) is 342 Å². The molecule has 12 N–H and O–H groups in total. The van der Waals surface area contributed by atoms with Crippen LogP contribution in [-0.4, -0.2) is 192 Å². The molecule has 6 aromatic carbocycles. The standard InChI is InChI=1S/2C35H47N3O5.C31H40N2O6/c2*1-20-28-15-27(35(28,3)4)16-29(20)37-34(42)32-31(21(2)40)30(19-39)43-38(32)18-23-7-5-8-24(13-23)25-9-6-10-26(14-25)33(41)36-17-22-11-12-22;1-17-24-13-23(31(24,3)4)14-25(17)32-29(36)28-27(18(2)35)26(16-34)39-33(28)15-19-7-5-8-20(11-19)21-9-6-10-22(12-21)30(37)38/h2*5-10,13-14,20-22,27-32,39-40H,11-12,15-19H2,1-4H3,(H,36,41)(H,37,42);5-12,17-18,23-28,34-35H,13-16H2,1-4H3,(H,32,36)(H,37,38)/t2*20-,21-,27+,28-,29-,30-,31+,32-;17-,18-,23+,24-,25-,26-,27+,28-/m000/s1. The number of amides is 5. The number of carbonyl (C=O) groups excluding carboxylic acids is 5. The van der Waals surface area contributed by atoms with Crippen molar-refractivity contribution in [3.8, 4) is 33.4 Å². The highest BCUT2D eigenvalue weighted by Crippen LogP contribution is 2.64. The Bertz CT molecular complexity index is 4650. The molecule has 20 rings (SSSR count). The summed E-state index contributed by atoms with van der Waals surface area (Å²) >= 11 is 0. The molecule has 5 amide bonds. The molecule has 674 valence electrons. The number of aliphatic hydroxyl groups excluding tert-OH is 6. The normalized spacial score (nSPS) is 32.2. The van der Waals surface area contributed by atoms with Gasteiger partial charge in [-0.25, -0.2) is 4.79 Å². The Balaban J connectivity index is 0.000000145. The van der Waals surface area contributed by atoms with Gasteiger partial charge in [0.25, 0.3) is 11.8 Å². The molecule has 3 saturated heterocycles. The van der Waals surface area contributed by atoms with Crippen molar-refractivity contribution in [3.63, 3.8) is 0 Å². The highest BCUT2D eigenvalue weighted by molar-refractivity contribution is 5.96. The quantitative estimate of drug-likeness (QED) is 0.0217.